The standard InChI is InChI=1S/C17H19N3O5S2/c1-10-6-8-15(9-7-10)27(24,25)20(14(5)23)19(13(4)22)17-18-11(2)16(26-17)12(3)21/h6-9H,1-5H3. The van der Waals surface area contributed by atoms with Crippen molar-refractivity contribution in [2.24, 2.45) is 0 Å². The van der Waals surface area contributed by atoms with Crippen molar-refractivity contribution in [1.29, 1.82) is 0 Å². The number of hydrazine groups is 1. The van der Waals surface area contributed by atoms with Crippen molar-refractivity contribution >= 4 is 44.1 Å². The van der Waals surface area contributed by atoms with Gasteiger partial charge < -0.3 is 0 Å². The number of thiazole rings is 1. The van der Waals surface area contributed by atoms with Crippen molar-refractivity contribution in [2.45, 2.75) is 39.5 Å². The van der Waals surface area contributed by atoms with Gasteiger partial charge in [0.25, 0.3) is 15.9 Å². The topological polar surface area (TPSA) is 105 Å². The summed E-state index contributed by atoms with van der Waals surface area (Å²) in [6, 6.07) is 5.88. The summed E-state index contributed by atoms with van der Waals surface area (Å²) in [5.74, 6) is -1.89. The molecule has 2 rings (SSSR count). The van der Waals surface area contributed by atoms with E-state index in [9.17, 15) is 22.8 Å². The number of carbonyl (C=O) groups is 3. The Bertz CT molecular complexity index is 1010. The number of sulfonamides is 1. The first-order valence-corrected chi connectivity index (χ1v) is 10.1. The number of aromatic nitrogens is 1. The second-order valence-corrected chi connectivity index (χ2v) is 8.62. The molecule has 1 aromatic heterocycles. The molecule has 0 bridgehead atoms. The van der Waals surface area contributed by atoms with E-state index in [2.05, 4.69) is 4.98 Å². The lowest BCUT2D eigenvalue weighted by Crippen LogP contribution is -2.51. The van der Waals surface area contributed by atoms with Crippen molar-refractivity contribution in [3.05, 3.63) is 40.4 Å². The Morgan fingerprint density at radius 1 is 0.963 bits per heavy atom. The van der Waals surface area contributed by atoms with Gasteiger partial charge in [-0.3, -0.25) is 14.4 Å². The molecule has 0 atom stereocenters. The third-order valence-corrected chi connectivity index (χ3v) is 6.56. The fourth-order valence-corrected chi connectivity index (χ4v) is 4.84. The van der Waals surface area contributed by atoms with Crippen molar-refractivity contribution in [3.63, 3.8) is 0 Å². The summed E-state index contributed by atoms with van der Waals surface area (Å²) in [5.41, 5.74) is 1.19. The van der Waals surface area contributed by atoms with Crippen LogP contribution in [0.4, 0.5) is 5.13 Å². The first kappa shape index (κ1) is 20.7. The third-order valence-electron chi connectivity index (χ3n) is 3.58. The van der Waals surface area contributed by atoms with Crippen LogP contribution in [0.5, 0.6) is 0 Å². The number of hydrogen-bond donors (Lipinski definition) is 0. The maximum Gasteiger partial charge on any atom is 0.284 e. The van der Waals surface area contributed by atoms with Crippen molar-refractivity contribution in [2.75, 3.05) is 5.01 Å². The number of rotatable bonds is 4. The van der Waals surface area contributed by atoms with Gasteiger partial charge in [0.05, 0.1) is 15.5 Å². The fourth-order valence-electron chi connectivity index (χ4n) is 2.37. The number of benzene rings is 1. The summed E-state index contributed by atoms with van der Waals surface area (Å²) in [4.78, 5) is 40.5. The van der Waals surface area contributed by atoms with Crippen LogP contribution in [0, 0.1) is 13.8 Å². The Morgan fingerprint density at radius 3 is 1.93 bits per heavy atom. The molecule has 144 valence electrons. The van der Waals surface area contributed by atoms with E-state index in [4.69, 9.17) is 0 Å². The van der Waals surface area contributed by atoms with Crippen LogP contribution in [0.25, 0.3) is 0 Å². The normalized spacial score (nSPS) is 11.1. The molecule has 8 nitrogen and oxygen atoms in total. The molecule has 2 amide bonds. The molecule has 0 saturated heterocycles. The highest BCUT2D eigenvalue weighted by Gasteiger charge is 2.37. The van der Waals surface area contributed by atoms with Gasteiger partial charge >= 0.3 is 0 Å². The van der Waals surface area contributed by atoms with Crippen LogP contribution >= 0.6 is 11.3 Å². The first-order valence-electron chi connectivity index (χ1n) is 7.88. The predicted molar refractivity (Wildman–Crippen MR) is 101 cm³/mol. The minimum absolute atomic E-state index is 0.0731. The number of anilines is 1. The highest BCUT2D eigenvalue weighted by molar-refractivity contribution is 7.89. The van der Waals surface area contributed by atoms with Crippen molar-refractivity contribution in [1.82, 2.24) is 9.40 Å². The Balaban J connectivity index is 2.65. The summed E-state index contributed by atoms with van der Waals surface area (Å²) in [6.07, 6.45) is 0. The molecule has 0 fully saturated rings. The third kappa shape index (κ3) is 4.06. The quantitative estimate of drug-likeness (QED) is 0.567. The molecule has 0 N–H and O–H groups in total. The minimum atomic E-state index is -4.36. The first-order chi connectivity index (χ1) is 12.5. The lowest BCUT2D eigenvalue weighted by atomic mass is 10.2. The lowest BCUT2D eigenvalue weighted by molar-refractivity contribution is -0.129. The number of carbonyl (C=O) groups excluding carboxylic acids is 3. The smallest absolute Gasteiger partial charge is 0.284 e. The molecule has 0 aliphatic carbocycles. The molecule has 1 heterocycles. The molecule has 1 aromatic carbocycles. The second-order valence-electron chi connectivity index (χ2n) is 5.88. The molecule has 0 saturated carbocycles. The van der Waals surface area contributed by atoms with Gasteiger partial charge in [0.1, 0.15) is 0 Å². The predicted octanol–water partition coefficient (Wildman–Crippen LogP) is 2.47. The molecule has 0 spiro atoms. The molecule has 27 heavy (non-hydrogen) atoms. The van der Waals surface area contributed by atoms with E-state index in [1.807, 2.05) is 0 Å². The zero-order valence-electron chi connectivity index (χ0n) is 15.5. The molecule has 0 aliphatic heterocycles. The van der Waals surface area contributed by atoms with Gasteiger partial charge in [-0.25, -0.2) is 4.98 Å². The molecular formula is C17H19N3O5S2. The summed E-state index contributed by atoms with van der Waals surface area (Å²) < 4.78 is 26.5. The van der Waals surface area contributed by atoms with E-state index in [0.717, 1.165) is 30.7 Å². The minimum Gasteiger partial charge on any atom is -0.294 e. The van der Waals surface area contributed by atoms with Crippen LogP contribution in [0.15, 0.2) is 29.2 Å². The van der Waals surface area contributed by atoms with Crippen molar-refractivity contribution in [3.8, 4) is 0 Å². The van der Waals surface area contributed by atoms with Gasteiger partial charge in [0.2, 0.25) is 11.0 Å². The second kappa shape index (κ2) is 7.57. The Hall–Kier alpha value is -2.59. The van der Waals surface area contributed by atoms with E-state index < -0.39 is 21.8 Å². The summed E-state index contributed by atoms with van der Waals surface area (Å²) >= 11 is 0.850. The summed E-state index contributed by atoms with van der Waals surface area (Å²) in [7, 11) is -4.36. The number of amides is 2. The Morgan fingerprint density at radius 2 is 1.52 bits per heavy atom. The van der Waals surface area contributed by atoms with Gasteiger partial charge in [-0.2, -0.15) is 13.4 Å². The monoisotopic (exact) mass is 409 g/mol. The molecular weight excluding hydrogens is 390 g/mol. The van der Waals surface area contributed by atoms with E-state index in [1.165, 1.54) is 19.1 Å². The molecule has 2 aromatic rings. The number of ketones is 1. The van der Waals surface area contributed by atoms with Gasteiger partial charge in [-0.1, -0.05) is 29.0 Å². The van der Waals surface area contributed by atoms with Crippen molar-refractivity contribution < 1.29 is 22.8 Å². The number of hydrogen-bond acceptors (Lipinski definition) is 7. The van der Waals surface area contributed by atoms with Crippen LogP contribution in [-0.4, -0.2) is 35.4 Å². The van der Waals surface area contributed by atoms with Crippen LogP contribution in [-0.2, 0) is 19.6 Å². The average molecular weight is 409 g/mol. The van der Waals surface area contributed by atoms with Crippen LogP contribution in [0.3, 0.4) is 0 Å². The number of aryl methyl sites for hydroxylation is 2. The highest BCUT2D eigenvalue weighted by atomic mass is 32.2. The van der Waals surface area contributed by atoms with Gasteiger partial charge in [0.15, 0.2) is 5.78 Å². The summed E-state index contributed by atoms with van der Waals surface area (Å²) in [5, 5.41) is 0.609. The van der Waals surface area contributed by atoms with E-state index in [0.29, 0.717) is 15.1 Å². The van der Waals surface area contributed by atoms with Crippen LogP contribution in [0.1, 0.15) is 41.7 Å². The van der Waals surface area contributed by atoms with E-state index >= 15 is 0 Å². The zero-order valence-corrected chi connectivity index (χ0v) is 17.1. The van der Waals surface area contributed by atoms with Crippen LogP contribution < -0.4 is 5.01 Å². The summed E-state index contributed by atoms with van der Waals surface area (Å²) in [6.45, 7) is 6.86. The molecule has 10 heteroatoms. The maximum atomic E-state index is 13.1. The lowest BCUT2D eigenvalue weighted by Gasteiger charge is -2.30. The van der Waals surface area contributed by atoms with Crippen LogP contribution in [0.2, 0.25) is 0 Å². The molecule has 0 radical (unpaired) electrons. The Kier molecular flexibility index (Phi) is 5.81. The Labute approximate surface area is 161 Å². The SMILES string of the molecule is CC(=O)c1sc(N(C(C)=O)N(C(C)=O)S(=O)(=O)c2ccc(C)cc2)nc1C. The average Bonchev–Trinajstić information content (AvgIpc) is 2.93. The number of nitrogens with zero attached hydrogens (tertiary/aromatic N) is 3. The maximum absolute atomic E-state index is 13.1. The molecule has 0 unspecified atom stereocenters. The van der Waals surface area contributed by atoms with Gasteiger partial charge in [0, 0.05) is 20.8 Å². The largest absolute Gasteiger partial charge is 0.294 e. The van der Waals surface area contributed by atoms with E-state index in [1.54, 1.807) is 26.0 Å². The fraction of sp³-hybridized carbons (Fsp3) is 0.294. The van der Waals surface area contributed by atoms with Gasteiger partial charge in [-0.05, 0) is 26.0 Å². The highest BCUT2D eigenvalue weighted by Crippen LogP contribution is 2.30. The number of Topliss-reactive ketones (excluding diaryl/α,β-unsaturated/α-hetero) is 1. The van der Waals surface area contributed by atoms with E-state index in [-0.39, 0.29) is 20.7 Å². The van der Waals surface area contributed by atoms with Gasteiger partial charge in [-0.15, -0.1) is 4.41 Å². The zero-order chi connectivity index (χ0) is 20.5. The molecule has 0 aliphatic rings.